The lowest BCUT2D eigenvalue weighted by Crippen LogP contribution is -2.15. The largest absolute Gasteiger partial charge is 0.345 e. The number of ketones is 1. The zero-order chi connectivity index (χ0) is 21.3. The minimum absolute atomic E-state index is 0.120. The first kappa shape index (κ1) is 19.2. The number of fused-ring (bicyclic) bond motifs is 1. The molecule has 0 fully saturated rings. The number of nitrogens with zero attached hydrogens (tertiary/aromatic N) is 3. The van der Waals surface area contributed by atoms with E-state index in [1.807, 2.05) is 0 Å². The molecular weight excluding hydrogens is 409 g/mol. The van der Waals surface area contributed by atoms with E-state index in [1.165, 1.54) is 55.0 Å². The molecule has 4 rings (SSSR count). The maximum atomic E-state index is 15.1. The Balaban J connectivity index is 1.74. The van der Waals surface area contributed by atoms with Crippen molar-refractivity contribution in [1.29, 1.82) is 0 Å². The van der Waals surface area contributed by atoms with Crippen molar-refractivity contribution < 1.29 is 17.6 Å². The number of carbonyl (C=O) groups excluding carboxylic acids is 1. The predicted molar refractivity (Wildman–Crippen MR) is 107 cm³/mol. The second kappa shape index (κ2) is 7.38. The van der Waals surface area contributed by atoms with Gasteiger partial charge in [0.25, 0.3) is 10.0 Å². The van der Waals surface area contributed by atoms with Gasteiger partial charge in [-0.05, 0) is 30.3 Å². The van der Waals surface area contributed by atoms with Gasteiger partial charge in [0.1, 0.15) is 10.5 Å². The fourth-order valence-electron chi connectivity index (χ4n) is 2.88. The summed E-state index contributed by atoms with van der Waals surface area (Å²) in [7, 11) is -4.09. The van der Waals surface area contributed by atoms with Gasteiger partial charge >= 0.3 is 0 Å². The highest BCUT2D eigenvalue weighted by molar-refractivity contribution is 7.92. The molecule has 4 aromatic rings. The van der Waals surface area contributed by atoms with Crippen molar-refractivity contribution in [1.82, 2.24) is 15.0 Å². The molecule has 3 aromatic heterocycles. The third-order valence-corrected chi connectivity index (χ3v) is 5.67. The van der Waals surface area contributed by atoms with Gasteiger partial charge in [-0.1, -0.05) is 6.07 Å². The van der Waals surface area contributed by atoms with Crippen LogP contribution in [0, 0.1) is 12.4 Å². The standard InChI is InChI=1S/C20H12FN5O3S/c1-22-12-8-15-16(11-25-20(15)24-9-12)19(27)14-5-2-6-17(18(14)21)26-30(28,29)13-4-3-7-23-10-13/h2-11,26H,(H,24,25). The Bertz CT molecular complexity index is 1430. The molecule has 148 valence electrons. The van der Waals surface area contributed by atoms with E-state index in [9.17, 15) is 13.2 Å². The van der Waals surface area contributed by atoms with E-state index in [2.05, 4.69) is 24.5 Å². The first-order valence-corrected chi connectivity index (χ1v) is 9.99. The molecule has 0 atom stereocenters. The summed E-state index contributed by atoms with van der Waals surface area (Å²) < 4.78 is 42.1. The molecule has 0 aliphatic carbocycles. The number of pyridine rings is 2. The number of hydrogen-bond donors (Lipinski definition) is 2. The van der Waals surface area contributed by atoms with Gasteiger partial charge in [-0.15, -0.1) is 0 Å². The molecule has 1 aromatic carbocycles. The monoisotopic (exact) mass is 421 g/mol. The van der Waals surface area contributed by atoms with Crippen LogP contribution in [0.3, 0.4) is 0 Å². The van der Waals surface area contributed by atoms with Crippen LogP contribution in [0.1, 0.15) is 15.9 Å². The first-order chi connectivity index (χ1) is 14.4. The minimum atomic E-state index is -4.09. The number of H-pyrrole nitrogens is 1. The third kappa shape index (κ3) is 3.38. The van der Waals surface area contributed by atoms with Crippen molar-refractivity contribution in [3.05, 3.63) is 89.5 Å². The smallest absolute Gasteiger partial charge is 0.263 e. The maximum Gasteiger partial charge on any atom is 0.263 e. The van der Waals surface area contributed by atoms with Crippen LogP contribution in [0.5, 0.6) is 0 Å². The molecule has 30 heavy (non-hydrogen) atoms. The highest BCUT2D eigenvalue weighted by Crippen LogP contribution is 2.27. The first-order valence-electron chi connectivity index (χ1n) is 8.51. The molecule has 3 heterocycles. The number of nitrogens with one attached hydrogen (secondary N) is 2. The number of hydrogen-bond acceptors (Lipinski definition) is 5. The van der Waals surface area contributed by atoms with Crippen LogP contribution in [-0.2, 0) is 10.0 Å². The van der Waals surface area contributed by atoms with Crippen molar-refractivity contribution >= 4 is 38.2 Å². The number of benzene rings is 1. The zero-order valence-corrected chi connectivity index (χ0v) is 15.9. The molecule has 0 saturated heterocycles. The van der Waals surface area contributed by atoms with E-state index >= 15 is 4.39 Å². The maximum absolute atomic E-state index is 15.1. The minimum Gasteiger partial charge on any atom is -0.345 e. The Morgan fingerprint density at radius 1 is 1.17 bits per heavy atom. The van der Waals surface area contributed by atoms with E-state index in [0.717, 1.165) is 6.20 Å². The van der Waals surface area contributed by atoms with E-state index in [-0.39, 0.29) is 27.4 Å². The number of aromatic amines is 1. The quantitative estimate of drug-likeness (QED) is 0.377. The molecule has 0 unspecified atom stereocenters. The van der Waals surface area contributed by atoms with Crippen molar-refractivity contribution in [3.63, 3.8) is 0 Å². The number of halogens is 1. The zero-order valence-electron chi connectivity index (χ0n) is 15.1. The summed E-state index contributed by atoms with van der Waals surface area (Å²) in [5.74, 6) is -1.69. The Hall–Kier alpha value is -4.10. The van der Waals surface area contributed by atoms with Crippen LogP contribution < -0.4 is 4.72 Å². The summed E-state index contributed by atoms with van der Waals surface area (Å²) in [6.07, 6.45) is 5.27. The lowest BCUT2D eigenvalue weighted by molar-refractivity contribution is 0.103. The molecule has 0 bridgehead atoms. The van der Waals surface area contributed by atoms with Crippen molar-refractivity contribution in [2.24, 2.45) is 0 Å². The van der Waals surface area contributed by atoms with E-state index in [4.69, 9.17) is 6.57 Å². The summed E-state index contributed by atoms with van der Waals surface area (Å²) in [6, 6.07) is 8.07. The summed E-state index contributed by atoms with van der Waals surface area (Å²) in [6.45, 7) is 7.09. The average molecular weight is 421 g/mol. The molecule has 0 radical (unpaired) electrons. The predicted octanol–water partition coefficient (Wildman–Crippen LogP) is 3.68. The Morgan fingerprint density at radius 2 is 2.00 bits per heavy atom. The molecule has 0 aliphatic rings. The van der Waals surface area contributed by atoms with Gasteiger partial charge in [0.15, 0.2) is 11.6 Å². The number of rotatable bonds is 5. The number of carbonyl (C=O) groups is 1. The average Bonchev–Trinajstić information content (AvgIpc) is 3.18. The van der Waals surface area contributed by atoms with Crippen molar-refractivity contribution in [2.75, 3.05) is 4.72 Å². The van der Waals surface area contributed by atoms with E-state index in [0.29, 0.717) is 11.0 Å². The molecule has 10 heteroatoms. The SMILES string of the molecule is [C-]#[N+]c1cnc2[nH]cc(C(=O)c3cccc(NS(=O)(=O)c4cccnc4)c3F)c2c1. The summed E-state index contributed by atoms with van der Waals surface area (Å²) in [4.78, 5) is 26.7. The topological polar surface area (TPSA) is 109 Å². The van der Waals surface area contributed by atoms with E-state index < -0.39 is 21.6 Å². The molecule has 0 saturated carbocycles. The molecule has 8 nitrogen and oxygen atoms in total. The van der Waals surface area contributed by atoms with Crippen LogP contribution in [0.2, 0.25) is 0 Å². The van der Waals surface area contributed by atoms with Crippen LogP contribution >= 0.6 is 0 Å². The Kier molecular flexibility index (Phi) is 4.73. The highest BCUT2D eigenvalue weighted by Gasteiger charge is 2.23. The van der Waals surface area contributed by atoms with Crippen LogP contribution in [0.15, 0.2) is 66.1 Å². The van der Waals surface area contributed by atoms with Gasteiger partial charge in [0.05, 0.1) is 17.8 Å². The molecular formula is C20H12FN5O3S. The normalized spacial score (nSPS) is 11.2. The summed E-state index contributed by atoms with van der Waals surface area (Å²) in [5, 5.41) is 0.370. The fourth-order valence-corrected chi connectivity index (χ4v) is 3.90. The van der Waals surface area contributed by atoms with Crippen molar-refractivity contribution in [3.8, 4) is 0 Å². The van der Waals surface area contributed by atoms with Crippen LogP contribution in [0.4, 0.5) is 15.8 Å². The van der Waals surface area contributed by atoms with E-state index in [1.54, 1.807) is 0 Å². The molecule has 0 spiro atoms. The second-order valence-corrected chi connectivity index (χ2v) is 7.88. The van der Waals surface area contributed by atoms with Gasteiger partial charge in [-0.2, -0.15) is 0 Å². The molecule has 2 N–H and O–H groups in total. The van der Waals surface area contributed by atoms with Crippen LogP contribution in [0.25, 0.3) is 15.9 Å². The summed E-state index contributed by atoms with van der Waals surface area (Å²) >= 11 is 0. The van der Waals surface area contributed by atoms with Crippen molar-refractivity contribution in [2.45, 2.75) is 4.90 Å². The molecule has 0 aliphatic heterocycles. The van der Waals surface area contributed by atoms with Gasteiger partial charge in [0.2, 0.25) is 5.69 Å². The lowest BCUT2D eigenvalue weighted by Gasteiger charge is -2.11. The Labute approximate surface area is 170 Å². The second-order valence-electron chi connectivity index (χ2n) is 6.19. The highest BCUT2D eigenvalue weighted by atomic mass is 32.2. The molecule has 0 amide bonds. The van der Waals surface area contributed by atoms with Crippen LogP contribution in [-0.4, -0.2) is 29.2 Å². The number of sulfonamides is 1. The fraction of sp³-hybridized carbons (Fsp3) is 0. The van der Waals surface area contributed by atoms with Gasteiger partial charge < -0.3 is 4.98 Å². The van der Waals surface area contributed by atoms with Gasteiger partial charge in [-0.25, -0.2) is 17.7 Å². The van der Waals surface area contributed by atoms with Gasteiger partial charge in [0, 0.05) is 35.7 Å². The van der Waals surface area contributed by atoms with Gasteiger partial charge in [-0.3, -0.25) is 19.5 Å². The number of aromatic nitrogens is 3. The number of anilines is 1. The lowest BCUT2D eigenvalue weighted by atomic mass is 10.0. The Morgan fingerprint density at radius 3 is 2.73 bits per heavy atom. The third-order valence-electron chi connectivity index (χ3n) is 4.32. The summed E-state index contributed by atoms with van der Waals surface area (Å²) in [5.41, 5.74) is 0.0309.